The lowest BCUT2D eigenvalue weighted by Gasteiger charge is -2.27. The molecule has 0 spiro atoms. The molecule has 0 bridgehead atoms. The number of amides is 1. The Bertz CT molecular complexity index is 204. The van der Waals surface area contributed by atoms with E-state index in [4.69, 9.17) is 0 Å². The first-order valence-electron chi connectivity index (χ1n) is 6.07. The van der Waals surface area contributed by atoms with Gasteiger partial charge < -0.3 is 10.4 Å². The van der Waals surface area contributed by atoms with Gasteiger partial charge >= 0.3 is 0 Å². The van der Waals surface area contributed by atoms with E-state index in [9.17, 15) is 9.90 Å². The number of carbonyl (C=O) groups is 1. The average Bonchev–Trinajstić information content (AvgIpc) is 2.20. The summed E-state index contributed by atoms with van der Waals surface area (Å²) < 4.78 is 0. The molecule has 1 saturated carbocycles. The van der Waals surface area contributed by atoms with Gasteiger partial charge in [-0.3, -0.25) is 4.79 Å². The van der Waals surface area contributed by atoms with Gasteiger partial charge in [0.15, 0.2) is 0 Å². The Balaban J connectivity index is 2.16. The summed E-state index contributed by atoms with van der Waals surface area (Å²) in [5.41, 5.74) is 0. The van der Waals surface area contributed by atoms with Crippen molar-refractivity contribution in [1.29, 1.82) is 0 Å². The fourth-order valence-corrected chi connectivity index (χ4v) is 2.11. The van der Waals surface area contributed by atoms with Crippen LogP contribution < -0.4 is 5.32 Å². The molecule has 2 N–H and O–H groups in total. The van der Waals surface area contributed by atoms with Gasteiger partial charge in [0.05, 0.1) is 6.10 Å². The number of aliphatic hydroxyl groups is 1. The zero-order valence-corrected chi connectivity index (χ0v) is 9.83. The van der Waals surface area contributed by atoms with Gasteiger partial charge in [-0.1, -0.05) is 26.7 Å². The normalized spacial score (nSPS) is 26.7. The van der Waals surface area contributed by atoms with Crippen LogP contribution in [0.25, 0.3) is 0 Å². The number of carbonyl (C=O) groups excluding carboxylic acids is 1. The number of rotatable bonds is 4. The van der Waals surface area contributed by atoms with E-state index in [2.05, 4.69) is 5.32 Å². The monoisotopic (exact) mass is 213 g/mol. The second-order valence-electron chi connectivity index (χ2n) is 4.85. The maximum Gasteiger partial charge on any atom is 0.222 e. The van der Waals surface area contributed by atoms with Gasteiger partial charge in [0.1, 0.15) is 0 Å². The zero-order chi connectivity index (χ0) is 11.3. The molecule has 3 nitrogen and oxygen atoms in total. The molecule has 0 aromatic carbocycles. The predicted octanol–water partition coefficient (Wildman–Crippen LogP) is 1.70. The smallest absolute Gasteiger partial charge is 0.222 e. The first-order valence-corrected chi connectivity index (χ1v) is 6.07. The lowest BCUT2D eigenvalue weighted by molar-refractivity contribution is -0.124. The second kappa shape index (κ2) is 6.11. The summed E-state index contributed by atoms with van der Waals surface area (Å²) >= 11 is 0. The van der Waals surface area contributed by atoms with E-state index in [-0.39, 0.29) is 17.9 Å². The van der Waals surface area contributed by atoms with Crippen molar-refractivity contribution in [2.45, 2.75) is 52.1 Å². The van der Waals surface area contributed by atoms with E-state index in [1.807, 2.05) is 13.8 Å². The summed E-state index contributed by atoms with van der Waals surface area (Å²) in [6.45, 7) is 4.49. The minimum atomic E-state index is -0.144. The molecule has 0 radical (unpaired) electrons. The van der Waals surface area contributed by atoms with Gasteiger partial charge in [-0.2, -0.15) is 0 Å². The van der Waals surface area contributed by atoms with E-state index in [0.29, 0.717) is 12.5 Å². The standard InChI is InChI=1S/C12H23NO2/c1-9(2)12(15)13-8-7-10-5-3-4-6-11(10)14/h9-11,14H,3-8H2,1-2H3,(H,13,15). The summed E-state index contributed by atoms with van der Waals surface area (Å²) in [5.74, 6) is 0.563. The predicted molar refractivity (Wildman–Crippen MR) is 60.4 cm³/mol. The van der Waals surface area contributed by atoms with Crippen molar-refractivity contribution in [1.82, 2.24) is 5.32 Å². The minimum absolute atomic E-state index is 0.0567. The molecule has 3 heteroatoms. The van der Waals surface area contributed by atoms with Gasteiger partial charge in [-0.15, -0.1) is 0 Å². The van der Waals surface area contributed by atoms with E-state index in [0.717, 1.165) is 25.7 Å². The van der Waals surface area contributed by atoms with Crippen LogP contribution in [-0.4, -0.2) is 23.7 Å². The zero-order valence-electron chi connectivity index (χ0n) is 9.83. The molecule has 1 rings (SSSR count). The Morgan fingerprint density at radius 3 is 2.67 bits per heavy atom. The fraction of sp³-hybridized carbons (Fsp3) is 0.917. The van der Waals surface area contributed by atoms with E-state index in [1.54, 1.807) is 0 Å². The third kappa shape index (κ3) is 4.20. The van der Waals surface area contributed by atoms with Gasteiger partial charge in [0.2, 0.25) is 5.91 Å². The third-order valence-electron chi connectivity index (χ3n) is 3.21. The first kappa shape index (κ1) is 12.5. The van der Waals surface area contributed by atoms with Crippen LogP contribution in [0, 0.1) is 11.8 Å². The Morgan fingerprint density at radius 1 is 1.40 bits per heavy atom. The maximum atomic E-state index is 11.3. The van der Waals surface area contributed by atoms with Crippen LogP contribution >= 0.6 is 0 Å². The van der Waals surface area contributed by atoms with E-state index >= 15 is 0 Å². The van der Waals surface area contributed by atoms with Crippen molar-refractivity contribution in [2.24, 2.45) is 11.8 Å². The van der Waals surface area contributed by atoms with E-state index in [1.165, 1.54) is 6.42 Å². The Kier molecular flexibility index (Phi) is 5.09. The molecule has 0 aromatic rings. The number of hydrogen-bond acceptors (Lipinski definition) is 2. The molecule has 15 heavy (non-hydrogen) atoms. The Morgan fingerprint density at radius 2 is 2.07 bits per heavy atom. The average molecular weight is 213 g/mol. The highest BCUT2D eigenvalue weighted by Gasteiger charge is 2.22. The maximum absolute atomic E-state index is 11.3. The molecule has 2 atom stereocenters. The number of hydrogen-bond donors (Lipinski definition) is 2. The summed E-state index contributed by atoms with van der Waals surface area (Å²) in [6.07, 6.45) is 5.19. The third-order valence-corrected chi connectivity index (χ3v) is 3.21. The minimum Gasteiger partial charge on any atom is -0.393 e. The van der Waals surface area contributed by atoms with E-state index < -0.39 is 0 Å². The molecule has 1 aliphatic rings. The first-order chi connectivity index (χ1) is 7.11. The highest BCUT2D eigenvalue weighted by Crippen LogP contribution is 2.26. The number of nitrogens with one attached hydrogen (secondary N) is 1. The summed E-state index contributed by atoms with van der Waals surface area (Å²) in [6, 6.07) is 0. The van der Waals surface area contributed by atoms with Gasteiger partial charge in [-0.25, -0.2) is 0 Å². The molecular formula is C12H23NO2. The van der Waals surface area contributed by atoms with Crippen molar-refractivity contribution in [3.05, 3.63) is 0 Å². The summed E-state index contributed by atoms with van der Waals surface area (Å²) in [4.78, 5) is 11.3. The van der Waals surface area contributed by atoms with Crippen LogP contribution in [0.2, 0.25) is 0 Å². The highest BCUT2D eigenvalue weighted by molar-refractivity contribution is 5.77. The molecule has 0 heterocycles. The molecular weight excluding hydrogens is 190 g/mol. The second-order valence-corrected chi connectivity index (χ2v) is 4.85. The summed E-state index contributed by atoms with van der Waals surface area (Å²) in [7, 11) is 0. The van der Waals surface area contributed by atoms with Crippen LogP contribution in [0.3, 0.4) is 0 Å². The quantitative estimate of drug-likeness (QED) is 0.746. The van der Waals surface area contributed by atoms with Crippen LogP contribution in [-0.2, 0) is 4.79 Å². The number of aliphatic hydroxyl groups excluding tert-OH is 1. The van der Waals surface area contributed by atoms with Crippen molar-refractivity contribution in [3.8, 4) is 0 Å². The van der Waals surface area contributed by atoms with Crippen molar-refractivity contribution in [2.75, 3.05) is 6.54 Å². The molecule has 0 aliphatic heterocycles. The fourth-order valence-electron chi connectivity index (χ4n) is 2.11. The highest BCUT2D eigenvalue weighted by atomic mass is 16.3. The SMILES string of the molecule is CC(C)C(=O)NCCC1CCCCC1O. The molecule has 1 fully saturated rings. The van der Waals surface area contributed by atoms with Crippen LogP contribution in [0.1, 0.15) is 46.0 Å². The Hall–Kier alpha value is -0.570. The van der Waals surface area contributed by atoms with Gasteiger partial charge in [-0.05, 0) is 25.2 Å². The molecule has 1 amide bonds. The van der Waals surface area contributed by atoms with Gasteiger partial charge in [0, 0.05) is 12.5 Å². The topological polar surface area (TPSA) is 49.3 Å². The lowest BCUT2D eigenvalue weighted by Crippen LogP contribution is -2.32. The van der Waals surface area contributed by atoms with Crippen molar-refractivity contribution in [3.63, 3.8) is 0 Å². The summed E-state index contributed by atoms with van der Waals surface area (Å²) in [5, 5.41) is 12.6. The molecule has 88 valence electrons. The lowest BCUT2D eigenvalue weighted by atomic mass is 9.84. The van der Waals surface area contributed by atoms with Gasteiger partial charge in [0.25, 0.3) is 0 Å². The Labute approximate surface area is 92.3 Å². The van der Waals surface area contributed by atoms with Crippen LogP contribution in [0.4, 0.5) is 0 Å². The largest absolute Gasteiger partial charge is 0.393 e. The molecule has 1 aliphatic carbocycles. The molecule has 0 aromatic heterocycles. The van der Waals surface area contributed by atoms with Crippen LogP contribution in [0.15, 0.2) is 0 Å². The molecule has 0 saturated heterocycles. The van der Waals surface area contributed by atoms with Crippen LogP contribution in [0.5, 0.6) is 0 Å². The molecule has 2 unspecified atom stereocenters. The van der Waals surface area contributed by atoms with Crippen molar-refractivity contribution < 1.29 is 9.90 Å². The van der Waals surface area contributed by atoms with Crippen molar-refractivity contribution >= 4 is 5.91 Å².